The highest BCUT2D eigenvalue weighted by Crippen LogP contribution is 2.36. The molecule has 2 saturated heterocycles. The summed E-state index contributed by atoms with van der Waals surface area (Å²) in [6, 6.07) is 15.3. The highest BCUT2D eigenvalue weighted by atomic mass is 32.2. The second-order valence-corrected chi connectivity index (χ2v) is 9.08. The molecule has 2 aromatic heterocycles. The minimum absolute atomic E-state index is 0.480. The number of hydrogen-bond acceptors (Lipinski definition) is 5. The number of benzene rings is 1. The van der Waals surface area contributed by atoms with Crippen molar-refractivity contribution in [3.8, 4) is 22.5 Å². The van der Waals surface area contributed by atoms with E-state index in [-0.39, 0.29) is 0 Å². The highest BCUT2D eigenvalue weighted by molar-refractivity contribution is 7.99. The molecule has 2 aliphatic rings. The number of nitrogens with zero attached hydrogens (tertiary/aromatic N) is 4. The minimum Gasteiger partial charge on any atom is -0.299 e. The topological polar surface area (TPSA) is 41.9 Å². The van der Waals surface area contributed by atoms with Crippen molar-refractivity contribution >= 4 is 11.8 Å². The molecule has 2 fully saturated rings. The molecule has 0 aliphatic carbocycles. The largest absolute Gasteiger partial charge is 0.299 e. The van der Waals surface area contributed by atoms with Crippen LogP contribution >= 0.6 is 11.8 Å². The standard InChI is InChI=1S/C24H26N4S/c1-2-5-18(6-3-1)22-16-26-24(20-7-4-11-25-15-20)27-23(22)19-8-12-28(13-9-19)21-10-14-29-17-21/h1-7,11,15-16,19,21H,8-10,12-14,17H2. The van der Waals surface area contributed by atoms with Crippen LogP contribution in [0.3, 0.4) is 0 Å². The monoisotopic (exact) mass is 402 g/mol. The van der Waals surface area contributed by atoms with Crippen LogP contribution in [0.4, 0.5) is 0 Å². The molecular weight excluding hydrogens is 376 g/mol. The molecular formula is C24H26N4S. The summed E-state index contributed by atoms with van der Waals surface area (Å²) < 4.78 is 0. The molecule has 1 atom stereocenters. The number of piperidine rings is 1. The molecule has 1 unspecified atom stereocenters. The van der Waals surface area contributed by atoms with Crippen molar-refractivity contribution in [2.45, 2.75) is 31.2 Å². The first-order valence-electron chi connectivity index (χ1n) is 10.5. The predicted octanol–water partition coefficient (Wildman–Crippen LogP) is 4.89. The summed E-state index contributed by atoms with van der Waals surface area (Å²) in [7, 11) is 0. The molecule has 0 spiro atoms. The van der Waals surface area contributed by atoms with Crippen LogP contribution in [0, 0.1) is 0 Å². The van der Waals surface area contributed by atoms with Crippen molar-refractivity contribution in [3.05, 3.63) is 66.7 Å². The third-order valence-electron chi connectivity index (χ3n) is 6.16. The zero-order valence-electron chi connectivity index (χ0n) is 16.6. The van der Waals surface area contributed by atoms with Crippen molar-refractivity contribution in [2.24, 2.45) is 0 Å². The minimum atomic E-state index is 0.480. The van der Waals surface area contributed by atoms with Gasteiger partial charge in [-0.05, 0) is 55.8 Å². The Morgan fingerprint density at radius 3 is 2.45 bits per heavy atom. The lowest BCUT2D eigenvalue weighted by Crippen LogP contribution is -2.41. The fourth-order valence-corrected chi connectivity index (χ4v) is 5.78. The Hall–Kier alpha value is -2.24. The van der Waals surface area contributed by atoms with Crippen LogP contribution in [0.25, 0.3) is 22.5 Å². The van der Waals surface area contributed by atoms with Crippen molar-refractivity contribution < 1.29 is 0 Å². The average Bonchev–Trinajstić information content (AvgIpc) is 3.35. The van der Waals surface area contributed by atoms with Crippen molar-refractivity contribution in [2.75, 3.05) is 24.6 Å². The van der Waals surface area contributed by atoms with Gasteiger partial charge in [0.1, 0.15) is 0 Å². The van der Waals surface area contributed by atoms with E-state index >= 15 is 0 Å². The summed E-state index contributed by atoms with van der Waals surface area (Å²) in [6.07, 6.45) is 9.35. The van der Waals surface area contributed by atoms with Gasteiger partial charge in [-0.3, -0.25) is 9.88 Å². The molecule has 0 bridgehead atoms. The second-order valence-electron chi connectivity index (χ2n) is 7.93. The Bertz CT molecular complexity index is 934. The maximum absolute atomic E-state index is 5.09. The number of thioether (sulfide) groups is 1. The lowest BCUT2D eigenvalue weighted by atomic mass is 9.88. The van der Waals surface area contributed by atoms with Crippen LogP contribution in [0.1, 0.15) is 30.9 Å². The van der Waals surface area contributed by atoms with Gasteiger partial charge in [0.05, 0.1) is 5.69 Å². The second kappa shape index (κ2) is 8.64. The normalized spacial score (nSPS) is 20.8. The molecule has 148 valence electrons. The Morgan fingerprint density at radius 2 is 1.72 bits per heavy atom. The van der Waals surface area contributed by atoms with Gasteiger partial charge in [-0.1, -0.05) is 30.3 Å². The van der Waals surface area contributed by atoms with E-state index in [1.807, 2.05) is 24.5 Å². The molecule has 2 aliphatic heterocycles. The van der Waals surface area contributed by atoms with E-state index in [1.165, 1.54) is 60.7 Å². The number of pyridine rings is 1. The van der Waals surface area contributed by atoms with E-state index in [4.69, 9.17) is 9.97 Å². The van der Waals surface area contributed by atoms with Gasteiger partial charge in [0.15, 0.2) is 5.82 Å². The van der Waals surface area contributed by atoms with E-state index < -0.39 is 0 Å². The number of rotatable bonds is 4. The van der Waals surface area contributed by atoms with Crippen LogP contribution < -0.4 is 0 Å². The number of aromatic nitrogens is 3. The molecule has 0 radical (unpaired) electrons. The lowest BCUT2D eigenvalue weighted by Gasteiger charge is -2.36. The summed E-state index contributed by atoms with van der Waals surface area (Å²) in [5.41, 5.74) is 4.56. The van der Waals surface area contributed by atoms with Gasteiger partial charge in [0.25, 0.3) is 0 Å². The molecule has 0 amide bonds. The number of hydrogen-bond donors (Lipinski definition) is 0. The molecule has 3 aromatic rings. The van der Waals surface area contributed by atoms with Gasteiger partial charge in [-0.25, -0.2) is 9.97 Å². The third-order valence-corrected chi connectivity index (χ3v) is 7.31. The molecule has 5 rings (SSSR count). The van der Waals surface area contributed by atoms with E-state index in [0.29, 0.717) is 5.92 Å². The summed E-state index contributed by atoms with van der Waals surface area (Å²) >= 11 is 2.10. The molecule has 4 nitrogen and oxygen atoms in total. The van der Waals surface area contributed by atoms with E-state index in [0.717, 1.165) is 17.4 Å². The summed E-state index contributed by atoms with van der Waals surface area (Å²) in [6.45, 7) is 2.35. The fraction of sp³-hybridized carbons (Fsp3) is 0.375. The molecule has 4 heterocycles. The zero-order chi connectivity index (χ0) is 19.5. The molecule has 5 heteroatoms. The van der Waals surface area contributed by atoms with Gasteiger partial charge >= 0.3 is 0 Å². The molecule has 0 saturated carbocycles. The first kappa shape index (κ1) is 18.8. The summed E-state index contributed by atoms with van der Waals surface area (Å²) in [4.78, 5) is 16.7. The Balaban J connectivity index is 1.46. The Labute approximate surface area is 176 Å². The highest BCUT2D eigenvalue weighted by Gasteiger charge is 2.30. The smallest absolute Gasteiger partial charge is 0.160 e. The van der Waals surface area contributed by atoms with E-state index in [9.17, 15) is 0 Å². The zero-order valence-corrected chi connectivity index (χ0v) is 17.4. The lowest BCUT2D eigenvalue weighted by molar-refractivity contribution is 0.164. The van der Waals surface area contributed by atoms with E-state index in [2.05, 4.69) is 52.0 Å². The van der Waals surface area contributed by atoms with Crippen LogP contribution in [-0.4, -0.2) is 50.5 Å². The van der Waals surface area contributed by atoms with Crippen LogP contribution in [-0.2, 0) is 0 Å². The third kappa shape index (κ3) is 4.07. The Kier molecular flexibility index (Phi) is 5.59. The first-order chi connectivity index (χ1) is 14.4. The van der Waals surface area contributed by atoms with Gasteiger partial charge in [-0.15, -0.1) is 0 Å². The molecule has 1 aromatic carbocycles. The van der Waals surface area contributed by atoms with Gasteiger partial charge in [0, 0.05) is 47.4 Å². The van der Waals surface area contributed by atoms with Crippen LogP contribution in [0.15, 0.2) is 61.1 Å². The Morgan fingerprint density at radius 1 is 0.897 bits per heavy atom. The fourth-order valence-electron chi connectivity index (χ4n) is 4.53. The quantitative estimate of drug-likeness (QED) is 0.621. The van der Waals surface area contributed by atoms with Gasteiger partial charge in [0.2, 0.25) is 0 Å². The van der Waals surface area contributed by atoms with Crippen LogP contribution in [0.5, 0.6) is 0 Å². The molecule has 0 N–H and O–H groups in total. The van der Waals surface area contributed by atoms with E-state index in [1.54, 1.807) is 6.20 Å². The van der Waals surface area contributed by atoms with Crippen molar-refractivity contribution in [1.82, 2.24) is 19.9 Å². The maximum Gasteiger partial charge on any atom is 0.160 e. The van der Waals surface area contributed by atoms with Crippen molar-refractivity contribution in [1.29, 1.82) is 0 Å². The average molecular weight is 403 g/mol. The number of likely N-dealkylation sites (tertiary alicyclic amines) is 1. The maximum atomic E-state index is 5.09. The molecule has 29 heavy (non-hydrogen) atoms. The van der Waals surface area contributed by atoms with Crippen molar-refractivity contribution in [3.63, 3.8) is 0 Å². The summed E-state index contributed by atoms with van der Waals surface area (Å²) in [5.74, 6) is 3.89. The summed E-state index contributed by atoms with van der Waals surface area (Å²) in [5, 5.41) is 0. The SMILES string of the molecule is c1ccc(-c2cnc(-c3cccnc3)nc2C2CCN(C3CCSC3)CC2)cc1. The predicted molar refractivity (Wildman–Crippen MR) is 120 cm³/mol. The van der Waals surface area contributed by atoms with Crippen LogP contribution in [0.2, 0.25) is 0 Å². The first-order valence-corrected chi connectivity index (χ1v) is 11.7. The van der Waals surface area contributed by atoms with Gasteiger partial charge < -0.3 is 0 Å². The van der Waals surface area contributed by atoms with Gasteiger partial charge in [-0.2, -0.15) is 11.8 Å².